The first-order chi connectivity index (χ1) is 9.83. The monoisotopic (exact) mass is 279 g/mol. The van der Waals surface area contributed by atoms with E-state index < -0.39 is 0 Å². The van der Waals surface area contributed by atoms with Crippen molar-refractivity contribution in [3.63, 3.8) is 0 Å². The summed E-state index contributed by atoms with van der Waals surface area (Å²) >= 11 is 6.37. The Hall–Kier alpha value is -2.25. The third-order valence-electron chi connectivity index (χ3n) is 3.13. The Morgan fingerprint density at radius 2 is 1.30 bits per heavy atom. The zero-order valence-electron chi connectivity index (χ0n) is 10.9. The van der Waals surface area contributed by atoms with Gasteiger partial charge in [-0.25, -0.2) is 0 Å². The van der Waals surface area contributed by atoms with Gasteiger partial charge in [0.25, 0.3) is 0 Å². The van der Waals surface area contributed by atoms with Gasteiger partial charge >= 0.3 is 0 Å². The molecule has 0 amide bonds. The molecule has 0 bridgehead atoms. The van der Waals surface area contributed by atoms with E-state index in [1.165, 1.54) is 5.56 Å². The van der Waals surface area contributed by atoms with Crippen LogP contribution >= 0.6 is 11.6 Å². The van der Waals surface area contributed by atoms with Crippen LogP contribution in [-0.4, -0.2) is 0 Å². The van der Waals surface area contributed by atoms with Crippen LogP contribution in [0.25, 0.3) is 11.1 Å². The molecule has 1 nitrogen and oxygen atoms in total. The fourth-order valence-electron chi connectivity index (χ4n) is 2.10. The molecule has 0 fully saturated rings. The van der Waals surface area contributed by atoms with Crippen molar-refractivity contribution < 1.29 is 0 Å². The predicted octanol–water partition coefficient (Wildman–Crippen LogP) is 5.75. The standard InChI is InChI=1S/C18H14ClN/c19-17-13-15(14-7-3-1-4-8-14)11-12-18(17)20-16-9-5-2-6-10-16/h1-13,20H. The molecule has 0 aliphatic heterocycles. The predicted molar refractivity (Wildman–Crippen MR) is 86.6 cm³/mol. The van der Waals surface area contributed by atoms with Gasteiger partial charge in [0.2, 0.25) is 0 Å². The Morgan fingerprint density at radius 1 is 0.650 bits per heavy atom. The Kier molecular flexibility index (Phi) is 3.71. The largest absolute Gasteiger partial charge is 0.354 e. The van der Waals surface area contributed by atoms with Crippen LogP contribution in [0.4, 0.5) is 11.4 Å². The van der Waals surface area contributed by atoms with Gasteiger partial charge in [-0.05, 0) is 35.4 Å². The second-order valence-electron chi connectivity index (χ2n) is 4.55. The highest BCUT2D eigenvalue weighted by atomic mass is 35.5. The van der Waals surface area contributed by atoms with Crippen LogP contribution in [-0.2, 0) is 0 Å². The molecule has 3 aromatic carbocycles. The lowest BCUT2D eigenvalue weighted by Gasteiger charge is -2.10. The molecule has 0 aliphatic rings. The van der Waals surface area contributed by atoms with E-state index >= 15 is 0 Å². The lowest BCUT2D eigenvalue weighted by molar-refractivity contribution is 1.54. The smallest absolute Gasteiger partial charge is 0.0647 e. The van der Waals surface area contributed by atoms with Gasteiger partial charge in [-0.15, -0.1) is 0 Å². The Labute approximate surface area is 123 Å². The maximum absolute atomic E-state index is 6.37. The van der Waals surface area contributed by atoms with Crippen LogP contribution in [0, 0.1) is 0 Å². The Bertz CT molecular complexity index is 693. The van der Waals surface area contributed by atoms with E-state index in [-0.39, 0.29) is 0 Å². The summed E-state index contributed by atoms with van der Waals surface area (Å²) in [5.41, 5.74) is 4.23. The molecular formula is C18H14ClN. The van der Waals surface area contributed by atoms with Crippen LogP contribution < -0.4 is 5.32 Å². The average Bonchev–Trinajstić information content (AvgIpc) is 2.51. The Morgan fingerprint density at radius 3 is 1.95 bits per heavy atom. The van der Waals surface area contributed by atoms with E-state index in [1.54, 1.807) is 0 Å². The van der Waals surface area contributed by atoms with Crippen LogP contribution in [0.3, 0.4) is 0 Å². The fourth-order valence-corrected chi connectivity index (χ4v) is 2.33. The van der Waals surface area contributed by atoms with E-state index in [2.05, 4.69) is 23.5 Å². The van der Waals surface area contributed by atoms with Crippen molar-refractivity contribution in [3.05, 3.63) is 83.9 Å². The number of nitrogens with one attached hydrogen (secondary N) is 1. The molecule has 0 heterocycles. The minimum absolute atomic E-state index is 0.718. The van der Waals surface area contributed by atoms with E-state index in [0.29, 0.717) is 0 Å². The van der Waals surface area contributed by atoms with Gasteiger partial charge in [0.05, 0.1) is 10.7 Å². The van der Waals surface area contributed by atoms with Gasteiger partial charge in [-0.2, -0.15) is 0 Å². The second-order valence-corrected chi connectivity index (χ2v) is 4.96. The molecular weight excluding hydrogens is 266 g/mol. The van der Waals surface area contributed by atoms with Crippen LogP contribution in [0.5, 0.6) is 0 Å². The number of hydrogen-bond donors (Lipinski definition) is 1. The lowest BCUT2D eigenvalue weighted by Crippen LogP contribution is -1.91. The third-order valence-corrected chi connectivity index (χ3v) is 3.44. The summed E-state index contributed by atoms with van der Waals surface area (Å²) in [6.07, 6.45) is 0. The van der Waals surface area contributed by atoms with Gasteiger partial charge in [0.15, 0.2) is 0 Å². The minimum atomic E-state index is 0.718. The molecule has 2 heteroatoms. The molecule has 0 saturated carbocycles. The molecule has 0 atom stereocenters. The van der Waals surface area contributed by atoms with E-state index in [0.717, 1.165) is 22.0 Å². The average molecular weight is 280 g/mol. The zero-order valence-corrected chi connectivity index (χ0v) is 11.6. The highest BCUT2D eigenvalue weighted by molar-refractivity contribution is 6.33. The Balaban J connectivity index is 1.89. The summed E-state index contributed by atoms with van der Waals surface area (Å²) in [6.45, 7) is 0. The lowest BCUT2D eigenvalue weighted by atomic mass is 10.1. The highest BCUT2D eigenvalue weighted by Gasteiger charge is 2.03. The zero-order chi connectivity index (χ0) is 13.8. The molecule has 0 aromatic heterocycles. The summed E-state index contributed by atoms with van der Waals surface area (Å²) in [6, 6.07) is 26.3. The maximum Gasteiger partial charge on any atom is 0.0647 e. The quantitative estimate of drug-likeness (QED) is 0.643. The van der Waals surface area contributed by atoms with Crippen molar-refractivity contribution in [1.82, 2.24) is 0 Å². The van der Waals surface area contributed by atoms with Crippen molar-refractivity contribution in [1.29, 1.82) is 0 Å². The van der Waals surface area contributed by atoms with Crippen molar-refractivity contribution in [3.8, 4) is 11.1 Å². The first kappa shape index (κ1) is 12.8. The molecule has 0 unspecified atom stereocenters. The van der Waals surface area contributed by atoms with E-state index in [4.69, 9.17) is 11.6 Å². The molecule has 3 aromatic rings. The minimum Gasteiger partial charge on any atom is -0.354 e. The summed E-state index contributed by atoms with van der Waals surface area (Å²) < 4.78 is 0. The molecule has 98 valence electrons. The summed E-state index contributed by atoms with van der Waals surface area (Å²) in [5, 5.41) is 4.04. The molecule has 1 N–H and O–H groups in total. The first-order valence-corrected chi connectivity index (χ1v) is 6.88. The number of halogens is 1. The third kappa shape index (κ3) is 2.84. The summed E-state index contributed by atoms with van der Waals surface area (Å²) in [5.74, 6) is 0. The van der Waals surface area contributed by atoms with Crippen molar-refractivity contribution in [2.45, 2.75) is 0 Å². The van der Waals surface area contributed by atoms with Crippen molar-refractivity contribution >= 4 is 23.0 Å². The number of rotatable bonds is 3. The van der Waals surface area contributed by atoms with Crippen molar-refractivity contribution in [2.75, 3.05) is 5.32 Å². The van der Waals surface area contributed by atoms with E-state index in [9.17, 15) is 0 Å². The van der Waals surface area contributed by atoms with Crippen molar-refractivity contribution in [2.24, 2.45) is 0 Å². The summed E-state index contributed by atoms with van der Waals surface area (Å²) in [4.78, 5) is 0. The highest BCUT2D eigenvalue weighted by Crippen LogP contribution is 2.30. The van der Waals surface area contributed by atoms with Gasteiger partial charge in [-0.1, -0.05) is 66.2 Å². The van der Waals surface area contributed by atoms with Crippen LogP contribution in [0.1, 0.15) is 0 Å². The maximum atomic E-state index is 6.37. The molecule has 3 rings (SSSR count). The van der Waals surface area contributed by atoms with Gasteiger partial charge in [0, 0.05) is 5.69 Å². The van der Waals surface area contributed by atoms with Crippen LogP contribution in [0.15, 0.2) is 78.9 Å². The molecule has 20 heavy (non-hydrogen) atoms. The molecule has 0 spiro atoms. The van der Waals surface area contributed by atoms with E-state index in [1.807, 2.05) is 60.7 Å². The molecule has 0 aliphatic carbocycles. The normalized spacial score (nSPS) is 10.2. The SMILES string of the molecule is Clc1cc(-c2ccccc2)ccc1Nc1ccccc1. The number of para-hydroxylation sites is 1. The van der Waals surface area contributed by atoms with Gasteiger partial charge in [-0.3, -0.25) is 0 Å². The molecule has 0 saturated heterocycles. The first-order valence-electron chi connectivity index (χ1n) is 6.50. The number of benzene rings is 3. The second kappa shape index (κ2) is 5.81. The van der Waals surface area contributed by atoms with Crippen LogP contribution in [0.2, 0.25) is 5.02 Å². The number of hydrogen-bond acceptors (Lipinski definition) is 1. The topological polar surface area (TPSA) is 12.0 Å². The summed E-state index contributed by atoms with van der Waals surface area (Å²) in [7, 11) is 0. The van der Waals surface area contributed by atoms with Gasteiger partial charge < -0.3 is 5.32 Å². The van der Waals surface area contributed by atoms with Gasteiger partial charge in [0.1, 0.15) is 0 Å². The number of anilines is 2. The fraction of sp³-hybridized carbons (Fsp3) is 0. The molecule has 0 radical (unpaired) electrons.